The fourth-order valence-electron chi connectivity index (χ4n) is 2.95. The fraction of sp³-hybridized carbons (Fsp3) is 0.800. The largest absolute Gasteiger partial charge is 0.444 e. The Balaban J connectivity index is 1.79. The van der Waals surface area contributed by atoms with Crippen LogP contribution in [0.3, 0.4) is 0 Å². The SMILES string of the molecule is CC(C)(C)OC(=O)NC1CCC(N2C(=O)CCC2=O)CC1. The molecule has 2 fully saturated rings. The normalized spacial score (nSPS) is 26.9. The maximum atomic E-state index is 11.7. The molecule has 6 heteroatoms. The highest BCUT2D eigenvalue weighted by atomic mass is 16.6. The van der Waals surface area contributed by atoms with E-state index in [1.54, 1.807) is 0 Å². The molecule has 1 saturated carbocycles. The van der Waals surface area contributed by atoms with Gasteiger partial charge >= 0.3 is 6.09 Å². The highest BCUT2D eigenvalue weighted by Crippen LogP contribution is 2.27. The molecule has 2 aliphatic rings. The summed E-state index contributed by atoms with van der Waals surface area (Å²) in [7, 11) is 0. The van der Waals surface area contributed by atoms with Gasteiger partial charge in [-0.3, -0.25) is 14.5 Å². The number of nitrogens with one attached hydrogen (secondary N) is 1. The van der Waals surface area contributed by atoms with Crippen molar-refractivity contribution in [3.63, 3.8) is 0 Å². The number of ether oxygens (including phenoxy) is 1. The molecule has 21 heavy (non-hydrogen) atoms. The first-order valence-electron chi connectivity index (χ1n) is 7.60. The van der Waals surface area contributed by atoms with E-state index in [-0.39, 0.29) is 23.9 Å². The minimum Gasteiger partial charge on any atom is -0.444 e. The molecule has 0 unspecified atom stereocenters. The zero-order chi connectivity index (χ0) is 15.6. The topological polar surface area (TPSA) is 75.7 Å². The monoisotopic (exact) mass is 296 g/mol. The number of alkyl carbamates (subject to hydrolysis) is 1. The number of nitrogens with zero attached hydrogens (tertiary/aromatic N) is 1. The van der Waals surface area contributed by atoms with E-state index < -0.39 is 11.7 Å². The van der Waals surface area contributed by atoms with Crippen LogP contribution in [0.1, 0.15) is 59.3 Å². The van der Waals surface area contributed by atoms with Crippen LogP contribution >= 0.6 is 0 Å². The second-order valence-electron chi connectivity index (χ2n) is 6.81. The van der Waals surface area contributed by atoms with Gasteiger partial charge in [0.25, 0.3) is 0 Å². The van der Waals surface area contributed by atoms with Gasteiger partial charge in [0.1, 0.15) is 5.60 Å². The van der Waals surface area contributed by atoms with Crippen molar-refractivity contribution in [2.75, 3.05) is 0 Å². The number of likely N-dealkylation sites (tertiary alicyclic amines) is 1. The molecule has 0 aromatic carbocycles. The number of carbonyl (C=O) groups excluding carboxylic acids is 3. The standard InChI is InChI=1S/C15H24N2O4/c1-15(2,3)21-14(20)16-10-4-6-11(7-5-10)17-12(18)8-9-13(17)19/h10-11H,4-9H2,1-3H3,(H,16,20). The molecule has 2 rings (SSSR count). The van der Waals surface area contributed by atoms with Crippen LogP contribution in [0.5, 0.6) is 0 Å². The Bertz CT molecular complexity index is 417. The van der Waals surface area contributed by atoms with Crippen molar-refractivity contribution in [3.05, 3.63) is 0 Å². The summed E-state index contributed by atoms with van der Waals surface area (Å²) in [6.07, 6.45) is 3.31. The van der Waals surface area contributed by atoms with Crippen molar-refractivity contribution in [2.24, 2.45) is 0 Å². The molecular weight excluding hydrogens is 272 g/mol. The summed E-state index contributed by atoms with van der Waals surface area (Å²) >= 11 is 0. The van der Waals surface area contributed by atoms with Gasteiger partial charge in [0, 0.05) is 24.9 Å². The molecule has 0 bridgehead atoms. The van der Waals surface area contributed by atoms with Gasteiger partial charge in [-0.25, -0.2) is 4.79 Å². The molecule has 3 amide bonds. The Hall–Kier alpha value is -1.59. The Labute approximate surface area is 125 Å². The quantitative estimate of drug-likeness (QED) is 0.790. The molecule has 1 heterocycles. The van der Waals surface area contributed by atoms with Crippen molar-refractivity contribution in [2.45, 2.75) is 77.0 Å². The van der Waals surface area contributed by atoms with Gasteiger partial charge in [-0.2, -0.15) is 0 Å². The lowest BCUT2D eigenvalue weighted by molar-refractivity contribution is -0.141. The molecule has 0 aromatic heterocycles. The molecule has 1 aliphatic carbocycles. The summed E-state index contributed by atoms with van der Waals surface area (Å²) in [5, 5.41) is 2.86. The van der Waals surface area contributed by atoms with Crippen LogP contribution in [-0.4, -0.2) is 40.5 Å². The number of rotatable bonds is 2. The van der Waals surface area contributed by atoms with E-state index in [2.05, 4.69) is 5.32 Å². The van der Waals surface area contributed by atoms with Crippen molar-refractivity contribution in [3.8, 4) is 0 Å². The number of hydrogen-bond donors (Lipinski definition) is 1. The number of amides is 3. The van der Waals surface area contributed by atoms with Gasteiger partial charge < -0.3 is 10.1 Å². The van der Waals surface area contributed by atoms with Gasteiger partial charge in [-0.15, -0.1) is 0 Å². The van der Waals surface area contributed by atoms with Gasteiger partial charge in [0.15, 0.2) is 0 Å². The Morgan fingerprint density at radius 2 is 1.62 bits per heavy atom. The summed E-state index contributed by atoms with van der Waals surface area (Å²) < 4.78 is 5.23. The van der Waals surface area contributed by atoms with E-state index in [1.165, 1.54) is 4.90 Å². The third-order valence-electron chi connectivity index (χ3n) is 3.87. The van der Waals surface area contributed by atoms with Crippen molar-refractivity contribution in [1.29, 1.82) is 0 Å². The predicted molar refractivity (Wildman–Crippen MR) is 76.5 cm³/mol. The molecule has 0 radical (unpaired) electrons. The highest BCUT2D eigenvalue weighted by Gasteiger charge is 2.37. The van der Waals surface area contributed by atoms with Gasteiger partial charge in [-0.05, 0) is 46.5 Å². The predicted octanol–water partition coefficient (Wildman–Crippen LogP) is 1.97. The van der Waals surface area contributed by atoms with E-state index in [0.29, 0.717) is 12.8 Å². The van der Waals surface area contributed by atoms with Crippen molar-refractivity contribution >= 4 is 17.9 Å². The smallest absolute Gasteiger partial charge is 0.407 e. The summed E-state index contributed by atoms with van der Waals surface area (Å²) in [4.78, 5) is 36.6. The van der Waals surface area contributed by atoms with Gasteiger partial charge in [0.2, 0.25) is 11.8 Å². The van der Waals surface area contributed by atoms with Crippen LogP contribution in [0.2, 0.25) is 0 Å². The second kappa shape index (κ2) is 6.03. The minimum atomic E-state index is -0.504. The summed E-state index contributed by atoms with van der Waals surface area (Å²) in [6, 6.07) is 0.0630. The van der Waals surface area contributed by atoms with Crippen LogP contribution in [0.15, 0.2) is 0 Å². The fourth-order valence-corrected chi connectivity index (χ4v) is 2.95. The summed E-state index contributed by atoms with van der Waals surface area (Å²) in [5.74, 6) is -0.105. The molecule has 1 saturated heterocycles. The first-order chi connectivity index (χ1) is 9.76. The van der Waals surface area contributed by atoms with E-state index >= 15 is 0 Å². The molecule has 0 atom stereocenters. The number of imide groups is 1. The lowest BCUT2D eigenvalue weighted by Crippen LogP contribution is -2.46. The Kier molecular flexibility index (Phi) is 4.54. The lowest BCUT2D eigenvalue weighted by Gasteiger charge is -2.34. The zero-order valence-electron chi connectivity index (χ0n) is 13.0. The molecular formula is C15H24N2O4. The van der Waals surface area contributed by atoms with Crippen LogP contribution < -0.4 is 5.32 Å². The maximum absolute atomic E-state index is 11.7. The van der Waals surface area contributed by atoms with E-state index in [0.717, 1.165) is 25.7 Å². The Morgan fingerprint density at radius 3 is 2.10 bits per heavy atom. The zero-order valence-corrected chi connectivity index (χ0v) is 13.0. The third-order valence-corrected chi connectivity index (χ3v) is 3.87. The van der Waals surface area contributed by atoms with E-state index in [1.807, 2.05) is 20.8 Å². The molecule has 1 N–H and O–H groups in total. The highest BCUT2D eigenvalue weighted by molar-refractivity contribution is 6.02. The molecule has 118 valence electrons. The van der Waals surface area contributed by atoms with Crippen LogP contribution in [-0.2, 0) is 14.3 Å². The number of hydrogen-bond acceptors (Lipinski definition) is 4. The average Bonchev–Trinajstić information content (AvgIpc) is 2.68. The van der Waals surface area contributed by atoms with Crippen LogP contribution in [0.25, 0.3) is 0 Å². The summed E-state index contributed by atoms with van der Waals surface area (Å²) in [5.41, 5.74) is -0.504. The lowest BCUT2D eigenvalue weighted by atomic mass is 9.90. The average molecular weight is 296 g/mol. The van der Waals surface area contributed by atoms with E-state index in [4.69, 9.17) is 4.74 Å². The number of carbonyl (C=O) groups is 3. The molecule has 1 aliphatic heterocycles. The third kappa shape index (κ3) is 4.19. The summed E-state index contributed by atoms with van der Waals surface area (Å²) in [6.45, 7) is 5.48. The second-order valence-corrected chi connectivity index (χ2v) is 6.81. The Morgan fingerprint density at radius 1 is 1.10 bits per heavy atom. The van der Waals surface area contributed by atoms with Crippen molar-refractivity contribution in [1.82, 2.24) is 10.2 Å². The van der Waals surface area contributed by atoms with Crippen molar-refractivity contribution < 1.29 is 19.1 Å². The van der Waals surface area contributed by atoms with E-state index in [9.17, 15) is 14.4 Å². The first-order valence-corrected chi connectivity index (χ1v) is 7.60. The maximum Gasteiger partial charge on any atom is 0.407 e. The van der Waals surface area contributed by atoms with Gasteiger partial charge in [0.05, 0.1) is 0 Å². The molecule has 6 nitrogen and oxygen atoms in total. The van der Waals surface area contributed by atoms with Crippen LogP contribution in [0.4, 0.5) is 4.79 Å². The van der Waals surface area contributed by atoms with Crippen LogP contribution in [0, 0.1) is 0 Å². The molecule has 0 aromatic rings. The minimum absolute atomic E-state index is 0.00388. The van der Waals surface area contributed by atoms with Gasteiger partial charge in [-0.1, -0.05) is 0 Å². The first kappa shape index (κ1) is 15.8. The molecule has 0 spiro atoms.